The summed E-state index contributed by atoms with van der Waals surface area (Å²) in [7, 11) is 3.75. The second-order valence-corrected chi connectivity index (χ2v) is 3.93. The summed E-state index contributed by atoms with van der Waals surface area (Å²) in [4.78, 5) is 2.58. The van der Waals surface area contributed by atoms with E-state index in [-0.39, 0.29) is 0 Å². The molecule has 0 rings (SSSR count). The van der Waals surface area contributed by atoms with Crippen molar-refractivity contribution in [1.29, 1.82) is 0 Å². The number of hydrogen-bond acceptors (Lipinski definition) is 2. The van der Waals surface area contributed by atoms with E-state index < -0.39 is 0 Å². The molecule has 0 heterocycles. The summed E-state index contributed by atoms with van der Waals surface area (Å²) in [5.74, 6) is 0. The highest BCUT2D eigenvalue weighted by Crippen LogP contribution is 2.11. The van der Waals surface area contributed by atoms with Crippen molar-refractivity contribution in [2.24, 2.45) is 0 Å². The molecule has 2 nitrogen and oxygen atoms in total. The lowest BCUT2D eigenvalue weighted by atomic mass is 10.1. The highest BCUT2D eigenvalue weighted by Gasteiger charge is 2.11. The van der Waals surface area contributed by atoms with E-state index in [4.69, 9.17) is 0 Å². The number of unbranched alkanes of at least 4 members (excludes halogenated alkanes) is 1. The van der Waals surface area contributed by atoms with Gasteiger partial charge in [-0.25, -0.2) is 0 Å². The van der Waals surface area contributed by atoms with Crippen LogP contribution in [0.4, 0.5) is 0 Å². The molecule has 94 valence electrons. The van der Waals surface area contributed by atoms with Gasteiger partial charge in [-0.05, 0) is 40.0 Å². The van der Waals surface area contributed by atoms with Crippen LogP contribution in [0.5, 0.6) is 0 Å². The maximum Gasteiger partial charge on any atom is 0.00923 e. The van der Waals surface area contributed by atoms with Crippen LogP contribution in [0.25, 0.3) is 0 Å². The van der Waals surface area contributed by atoms with E-state index in [1.54, 1.807) is 0 Å². The van der Waals surface area contributed by atoms with Gasteiger partial charge in [0.15, 0.2) is 0 Å². The molecule has 0 aromatic heterocycles. The second-order valence-electron chi connectivity index (χ2n) is 3.93. The summed E-state index contributed by atoms with van der Waals surface area (Å²) in [5, 5.41) is 2.75. The Labute approximate surface area is 97.4 Å². The molecule has 1 atom stereocenters. The van der Waals surface area contributed by atoms with Crippen LogP contribution >= 0.6 is 0 Å². The minimum absolute atomic E-state index is 0.833. The molecule has 0 saturated carbocycles. The minimum Gasteiger partial charge on any atom is -0.323 e. The van der Waals surface area contributed by atoms with Crippen LogP contribution in [0.3, 0.4) is 0 Å². The zero-order valence-corrected chi connectivity index (χ0v) is 11.8. The smallest absolute Gasteiger partial charge is 0.00923 e. The summed E-state index contributed by atoms with van der Waals surface area (Å²) < 4.78 is 0. The van der Waals surface area contributed by atoms with Crippen molar-refractivity contribution in [3.05, 3.63) is 0 Å². The van der Waals surface area contributed by atoms with Crippen LogP contribution in [0.1, 0.15) is 53.4 Å². The fourth-order valence-electron chi connectivity index (χ4n) is 1.82. The molecule has 0 aliphatic heterocycles. The average Bonchev–Trinajstić information content (AvgIpc) is 2.25. The Balaban J connectivity index is 0. The van der Waals surface area contributed by atoms with E-state index in [1.165, 1.54) is 38.8 Å². The third-order valence-corrected chi connectivity index (χ3v) is 2.69. The molecule has 0 bridgehead atoms. The number of hydrogen-bond donors (Lipinski definition) is 1. The molecule has 0 spiro atoms. The van der Waals surface area contributed by atoms with Crippen LogP contribution in [-0.2, 0) is 0 Å². The van der Waals surface area contributed by atoms with Gasteiger partial charge >= 0.3 is 0 Å². The first-order chi connectivity index (χ1) is 7.21. The lowest BCUT2D eigenvalue weighted by Gasteiger charge is -2.28. The van der Waals surface area contributed by atoms with Gasteiger partial charge in [-0.1, -0.05) is 40.5 Å². The predicted octanol–water partition coefficient (Wildman–Crippen LogP) is 3.13. The van der Waals surface area contributed by atoms with Crippen molar-refractivity contribution in [3.8, 4) is 0 Å². The van der Waals surface area contributed by atoms with Gasteiger partial charge in [0.25, 0.3) is 0 Å². The average molecular weight is 216 g/mol. The normalized spacial score (nSPS) is 12.2. The minimum atomic E-state index is 0.833. The lowest BCUT2D eigenvalue weighted by Crippen LogP contribution is -2.34. The molecule has 0 aromatic rings. The summed E-state index contributed by atoms with van der Waals surface area (Å²) in [6.07, 6.45) is 5.41. The van der Waals surface area contributed by atoms with Gasteiger partial charge in [0.2, 0.25) is 0 Å². The van der Waals surface area contributed by atoms with Crippen LogP contribution in [-0.4, -0.2) is 38.1 Å². The first-order valence-electron chi connectivity index (χ1n) is 6.54. The fraction of sp³-hybridized carbons (Fsp3) is 1.00. The van der Waals surface area contributed by atoms with Gasteiger partial charge in [-0.2, -0.15) is 0 Å². The van der Waals surface area contributed by atoms with E-state index in [1.807, 2.05) is 14.1 Å². The molecule has 0 aliphatic carbocycles. The molecule has 1 unspecified atom stereocenters. The summed E-state index contributed by atoms with van der Waals surface area (Å²) in [6, 6.07) is 0.833. The zero-order valence-electron chi connectivity index (χ0n) is 11.8. The highest BCUT2D eigenvalue weighted by molar-refractivity contribution is 4.67. The third kappa shape index (κ3) is 10.2. The first-order valence-corrected chi connectivity index (χ1v) is 6.54. The Kier molecular flexibility index (Phi) is 16.1. The monoisotopic (exact) mass is 216 g/mol. The number of nitrogens with zero attached hydrogens (tertiary/aromatic N) is 1. The number of nitrogens with one attached hydrogen (secondary N) is 1. The SMILES string of the molecule is CCCCC(CC)N(CC)CC.CNC. The van der Waals surface area contributed by atoms with Crippen LogP contribution in [0.15, 0.2) is 0 Å². The van der Waals surface area contributed by atoms with E-state index >= 15 is 0 Å². The fourth-order valence-corrected chi connectivity index (χ4v) is 1.82. The van der Waals surface area contributed by atoms with Crippen LogP contribution in [0.2, 0.25) is 0 Å². The Morgan fingerprint density at radius 1 is 1.00 bits per heavy atom. The summed E-state index contributed by atoms with van der Waals surface area (Å²) in [5.41, 5.74) is 0. The van der Waals surface area contributed by atoms with Gasteiger partial charge in [0.05, 0.1) is 0 Å². The maximum absolute atomic E-state index is 2.75. The second kappa shape index (κ2) is 13.9. The molecule has 0 saturated heterocycles. The molecule has 15 heavy (non-hydrogen) atoms. The van der Waals surface area contributed by atoms with Crippen molar-refractivity contribution in [2.45, 2.75) is 59.4 Å². The Hall–Kier alpha value is -0.0800. The van der Waals surface area contributed by atoms with Crippen molar-refractivity contribution in [3.63, 3.8) is 0 Å². The topological polar surface area (TPSA) is 15.3 Å². The Bertz CT molecular complexity index is 101. The Morgan fingerprint density at radius 2 is 1.47 bits per heavy atom. The molecule has 0 aliphatic rings. The van der Waals surface area contributed by atoms with Gasteiger partial charge in [-0.3, -0.25) is 0 Å². The van der Waals surface area contributed by atoms with Crippen LogP contribution < -0.4 is 5.32 Å². The quantitative estimate of drug-likeness (QED) is 0.703. The lowest BCUT2D eigenvalue weighted by molar-refractivity contribution is 0.197. The summed E-state index contributed by atoms with van der Waals surface area (Å²) >= 11 is 0. The first kappa shape index (κ1) is 17.3. The van der Waals surface area contributed by atoms with E-state index in [2.05, 4.69) is 37.9 Å². The molecular formula is C13H32N2. The van der Waals surface area contributed by atoms with E-state index in [0.29, 0.717) is 0 Å². The summed E-state index contributed by atoms with van der Waals surface area (Å²) in [6.45, 7) is 11.5. The van der Waals surface area contributed by atoms with Crippen LogP contribution in [0, 0.1) is 0 Å². The molecule has 0 fully saturated rings. The van der Waals surface area contributed by atoms with Crippen molar-refractivity contribution < 1.29 is 0 Å². The molecule has 2 heteroatoms. The standard InChI is InChI=1S/C11H25N.C2H7N/c1-5-9-10-11(6-2)12(7-3)8-4;1-3-2/h11H,5-10H2,1-4H3;3H,1-2H3. The Morgan fingerprint density at radius 3 is 1.73 bits per heavy atom. The highest BCUT2D eigenvalue weighted by atomic mass is 15.1. The zero-order chi connectivity index (χ0) is 12.1. The van der Waals surface area contributed by atoms with Crippen molar-refractivity contribution in [1.82, 2.24) is 10.2 Å². The predicted molar refractivity (Wildman–Crippen MR) is 71.5 cm³/mol. The third-order valence-electron chi connectivity index (χ3n) is 2.69. The molecule has 0 amide bonds. The largest absolute Gasteiger partial charge is 0.323 e. The van der Waals surface area contributed by atoms with Gasteiger partial charge in [0.1, 0.15) is 0 Å². The van der Waals surface area contributed by atoms with Crippen molar-refractivity contribution in [2.75, 3.05) is 27.2 Å². The number of rotatable bonds is 7. The maximum atomic E-state index is 2.75. The molecule has 0 aromatic carbocycles. The van der Waals surface area contributed by atoms with Gasteiger partial charge in [-0.15, -0.1) is 0 Å². The molecular weight excluding hydrogens is 184 g/mol. The van der Waals surface area contributed by atoms with Gasteiger partial charge < -0.3 is 10.2 Å². The van der Waals surface area contributed by atoms with E-state index in [0.717, 1.165) is 6.04 Å². The van der Waals surface area contributed by atoms with Crippen molar-refractivity contribution >= 4 is 0 Å². The molecule has 0 radical (unpaired) electrons. The molecule has 1 N–H and O–H groups in total. The van der Waals surface area contributed by atoms with E-state index in [9.17, 15) is 0 Å². The van der Waals surface area contributed by atoms with Gasteiger partial charge in [0, 0.05) is 6.04 Å².